The summed E-state index contributed by atoms with van der Waals surface area (Å²) in [5.41, 5.74) is 5.68. The Labute approximate surface area is 117 Å². The third kappa shape index (κ3) is 7.65. The van der Waals surface area contributed by atoms with Crippen molar-refractivity contribution in [2.24, 2.45) is 17.6 Å². The van der Waals surface area contributed by atoms with Gasteiger partial charge in [0.15, 0.2) is 0 Å². The van der Waals surface area contributed by atoms with E-state index in [0.717, 1.165) is 24.8 Å². The molecule has 1 rings (SSSR count). The molecule has 1 aliphatic carbocycles. The molecule has 0 radical (unpaired) electrons. The molecule has 0 heterocycles. The fourth-order valence-corrected chi connectivity index (χ4v) is 2.68. The summed E-state index contributed by atoms with van der Waals surface area (Å²) in [4.78, 5) is 11.7. The Bertz CT molecular complexity index is 238. The molecular formula is C15H29NO3. The first-order valence-electron chi connectivity index (χ1n) is 7.54. The summed E-state index contributed by atoms with van der Waals surface area (Å²) in [6.07, 6.45) is 7.30. The molecule has 4 heteroatoms. The fraction of sp³-hybridized carbons (Fsp3) is 0.933. The zero-order valence-electron chi connectivity index (χ0n) is 12.2. The highest BCUT2D eigenvalue weighted by Crippen LogP contribution is 2.31. The second-order valence-electron chi connectivity index (χ2n) is 5.55. The molecule has 1 aliphatic rings. The monoisotopic (exact) mass is 271 g/mol. The molecule has 0 unspecified atom stereocenters. The lowest BCUT2D eigenvalue weighted by atomic mass is 9.80. The number of hydrogen-bond acceptors (Lipinski definition) is 4. The fourth-order valence-electron chi connectivity index (χ4n) is 2.68. The van der Waals surface area contributed by atoms with Crippen molar-refractivity contribution in [1.29, 1.82) is 0 Å². The maximum Gasteiger partial charge on any atom is 0.135 e. The van der Waals surface area contributed by atoms with Gasteiger partial charge in [-0.05, 0) is 37.6 Å². The Morgan fingerprint density at radius 2 is 1.74 bits per heavy atom. The maximum absolute atomic E-state index is 11.7. The Balaban J connectivity index is 1.98. The lowest BCUT2D eigenvalue weighted by Gasteiger charge is -2.27. The predicted molar refractivity (Wildman–Crippen MR) is 76.1 cm³/mol. The van der Waals surface area contributed by atoms with Gasteiger partial charge in [-0.1, -0.05) is 12.8 Å². The van der Waals surface area contributed by atoms with Crippen molar-refractivity contribution < 1.29 is 14.3 Å². The van der Waals surface area contributed by atoms with Crippen LogP contribution in [0.1, 0.15) is 44.9 Å². The van der Waals surface area contributed by atoms with Gasteiger partial charge in [-0.3, -0.25) is 4.79 Å². The van der Waals surface area contributed by atoms with Gasteiger partial charge in [-0.25, -0.2) is 0 Å². The van der Waals surface area contributed by atoms with E-state index in [0.29, 0.717) is 38.4 Å². The molecule has 0 atom stereocenters. The number of nitrogens with two attached hydrogens (primary N) is 1. The van der Waals surface area contributed by atoms with E-state index >= 15 is 0 Å². The molecule has 0 aromatic heterocycles. The molecule has 0 aliphatic heterocycles. The Kier molecular flexibility index (Phi) is 9.05. The van der Waals surface area contributed by atoms with Gasteiger partial charge in [0.2, 0.25) is 0 Å². The third-order valence-corrected chi connectivity index (χ3v) is 4.09. The second kappa shape index (κ2) is 10.4. The number of Topliss-reactive ketones (excluding diaryl/α,β-unsaturated/α-hetero) is 1. The van der Waals surface area contributed by atoms with Gasteiger partial charge in [0.25, 0.3) is 0 Å². The molecule has 0 spiro atoms. The van der Waals surface area contributed by atoms with Gasteiger partial charge in [-0.15, -0.1) is 0 Å². The lowest BCUT2D eigenvalue weighted by Crippen LogP contribution is -2.21. The largest absolute Gasteiger partial charge is 0.382 e. The van der Waals surface area contributed by atoms with Crippen LogP contribution in [0.25, 0.3) is 0 Å². The Hall–Kier alpha value is -0.450. The van der Waals surface area contributed by atoms with Crippen LogP contribution in [0.15, 0.2) is 0 Å². The quantitative estimate of drug-likeness (QED) is 0.618. The average molecular weight is 271 g/mol. The minimum Gasteiger partial charge on any atom is -0.382 e. The molecule has 1 fully saturated rings. The van der Waals surface area contributed by atoms with Gasteiger partial charge >= 0.3 is 0 Å². The SMILES string of the molecule is COCCOCCC(=O)CCC1CCC(CN)CC1. The van der Waals surface area contributed by atoms with E-state index in [1.54, 1.807) is 7.11 Å². The van der Waals surface area contributed by atoms with Gasteiger partial charge < -0.3 is 15.2 Å². The van der Waals surface area contributed by atoms with Crippen molar-refractivity contribution in [2.45, 2.75) is 44.9 Å². The van der Waals surface area contributed by atoms with E-state index in [4.69, 9.17) is 15.2 Å². The lowest BCUT2D eigenvalue weighted by molar-refractivity contribution is -0.120. The number of carbonyl (C=O) groups excluding carboxylic acids is 1. The highest BCUT2D eigenvalue weighted by atomic mass is 16.5. The Morgan fingerprint density at radius 3 is 2.37 bits per heavy atom. The minimum atomic E-state index is 0.332. The summed E-state index contributed by atoms with van der Waals surface area (Å²) >= 11 is 0. The van der Waals surface area contributed by atoms with E-state index in [9.17, 15) is 4.79 Å². The third-order valence-electron chi connectivity index (χ3n) is 4.09. The number of carbonyl (C=O) groups is 1. The van der Waals surface area contributed by atoms with Crippen molar-refractivity contribution in [3.8, 4) is 0 Å². The van der Waals surface area contributed by atoms with Crippen LogP contribution in [-0.4, -0.2) is 39.3 Å². The van der Waals surface area contributed by atoms with E-state index in [2.05, 4.69) is 0 Å². The van der Waals surface area contributed by atoms with E-state index < -0.39 is 0 Å². The highest BCUT2D eigenvalue weighted by molar-refractivity contribution is 5.78. The number of hydrogen-bond donors (Lipinski definition) is 1. The van der Waals surface area contributed by atoms with E-state index in [1.807, 2.05) is 0 Å². The van der Waals surface area contributed by atoms with E-state index in [-0.39, 0.29) is 0 Å². The number of methoxy groups -OCH3 is 1. The molecule has 0 bridgehead atoms. The van der Waals surface area contributed by atoms with Crippen molar-refractivity contribution in [2.75, 3.05) is 33.5 Å². The first-order valence-corrected chi connectivity index (χ1v) is 7.54. The van der Waals surface area contributed by atoms with Crippen LogP contribution >= 0.6 is 0 Å². The molecule has 112 valence electrons. The van der Waals surface area contributed by atoms with Crippen LogP contribution in [-0.2, 0) is 14.3 Å². The molecule has 4 nitrogen and oxygen atoms in total. The minimum absolute atomic E-state index is 0.332. The number of ketones is 1. The van der Waals surface area contributed by atoms with E-state index in [1.165, 1.54) is 25.7 Å². The average Bonchev–Trinajstić information content (AvgIpc) is 2.45. The first-order chi connectivity index (χ1) is 9.26. The van der Waals surface area contributed by atoms with Gasteiger partial charge in [0.1, 0.15) is 5.78 Å². The summed E-state index contributed by atoms with van der Waals surface area (Å²) in [6.45, 7) is 2.53. The summed E-state index contributed by atoms with van der Waals surface area (Å²) in [7, 11) is 1.65. The van der Waals surface area contributed by atoms with Crippen molar-refractivity contribution in [3.63, 3.8) is 0 Å². The molecule has 0 amide bonds. The van der Waals surface area contributed by atoms with Crippen LogP contribution < -0.4 is 5.73 Å². The Morgan fingerprint density at radius 1 is 1.05 bits per heavy atom. The molecule has 2 N–H and O–H groups in total. The van der Waals surface area contributed by atoms with Crippen LogP contribution in [0.4, 0.5) is 0 Å². The number of ether oxygens (including phenoxy) is 2. The predicted octanol–water partition coefficient (Wildman–Crippen LogP) is 2.15. The molecular weight excluding hydrogens is 242 g/mol. The molecule has 0 aromatic rings. The van der Waals surface area contributed by atoms with Gasteiger partial charge in [0, 0.05) is 20.0 Å². The zero-order valence-corrected chi connectivity index (χ0v) is 12.2. The van der Waals surface area contributed by atoms with Crippen LogP contribution in [0, 0.1) is 11.8 Å². The smallest absolute Gasteiger partial charge is 0.135 e. The normalized spacial score (nSPS) is 23.5. The second-order valence-corrected chi connectivity index (χ2v) is 5.55. The topological polar surface area (TPSA) is 61.5 Å². The summed E-state index contributed by atoms with van der Waals surface area (Å²) in [6, 6.07) is 0. The summed E-state index contributed by atoms with van der Waals surface area (Å²) < 4.78 is 10.2. The highest BCUT2D eigenvalue weighted by Gasteiger charge is 2.20. The maximum atomic E-state index is 11.7. The van der Waals surface area contributed by atoms with Crippen LogP contribution in [0.2, 0.25) is 0 Å². The van der Waals surface area contributed by atoms with Crippen LogP contribution in [0.5, 0.6) is 0 Å². The number of rotatable bonds is 10. The van der Waals surface area contributed by atoms with Crippen LogP contribution in [0.3, 0.4) is 0 Å². The van der Waals surface area contributed by atoms with Crippen molar-refractivity contribution in [1.82, 2.24) is 0 Å². The van der Waals surface area contributed by atoms with Crippen molar-refractivity contribution in [3.05, 3.63) is 0 Å². The van der Waals surface area contributed by atoms with Gasteiger partial charge in [-0.2, -0.15) is 0 Å². The summed E-state index contributed by atoms with van der Waals surface area (Å²) in [5.74, 6) is 1.79. The van der Waals surface area contributed by atoms with Crippen molar-refractivity contribution >= 4 is 5.78 Å². The zero-order chi connectivity index (χ0) is 13.9. The summed E-state index contributed by atoms with van der Waals surface area (Å²) in [5, 5.41) is 0. The standard InChI is InChI=1S/C15H29NO3/c1-18-10-11-19-9-8-15(17)7-6-13-2-4-14(12-16)5-3-13/h13-14H,2-12,16H2,1H3. The first kappa shape index (κ1) is 16.6. The molecule has 0 aromatic carbocycles. The molecule has 1 saturated carbocycles. The van der Waals surface area contributed by atoms with Gasteiger partial charge in [0.05, 0.1) is 19.8 Å². The molecule has 19 heavy (non-hydrogen) atoms. The molecule has 0 saturated heterocycles.